The molecule has 47 heavy (non-hydrogen) atoms. The van der Waals surface area contributed by atoms with Gasteiger partial charge in [0, 0.05) is 46.3 Å². The van der Waals surface area contributed by atoms with Crippen LogP contribution in [-0.4, -0.2) is 19.3 Å². The number of allylic oxidation sites excluding steroid dienone is 2. The highest BCUT2D eigenvalue weighted by atomic mass is 16.5. The molecule has 3 heterocycles. The maximum Gasteiger partial charge on any atom is 0.137 e. The van der Waals surface area contributed by atoms with Crippen molar-refractivity contribution >= 4 is 21.8 Å². The SMILES string of the molecule is CCc1nn(-c2cc(Oc3ccc4c5ccccc5n(-c5cc(C)ccn5)c4c3)cc(C(C)C)c2)c(CC)c1C1C(C)=CCC[C@@H]1C. The summed E-state index contributed by atoms with van der Waals surface area (Å²) in [6, 6.07) is 25.8. The van der Waals surface area contributed by atoms with Gasteiger partial charge in [0.25, 0.3) is 0 Å². The van der Waals surface area contributed by atoms with Crippen molar-refractivity contribution in [1.82, 2.24) is 19.3 Å². The highest BCUT2D eigenvalue weighted by molar-refractivity contribution is 6.09. The minimum absolute atomic E-state index is 0.337. The molecule has 0 saturated carbocycles. The van der Waals surface area contributed by atoms with Gasteiger partial charge in [-0.1, -0.05) is 64.5 Å². The molecule has 0 bridgehead atoms. The van der Waals surface area contributed by atoms with Gasteiger partial charge in [0.1, 0.15) is 17.3 Å². The topological polar surface area (TPSA) is 44.9 Å². The standard InChI is InChI=1S/C42H46N4O/c1-8-36-42(41-28(6)13-12-14-29(41)7)37(9-2)46(44-36)31-22-30(26(3)4)23-33(24-31)47-32-17-18-35-34-15-10-11-16-38(34)45(39(35)25-32)40-21-27(5)19-20-43-40/h10-11,13,15-26,29,41H,8-9,12,14H2,1-7H3/t29-,41?/m0/s1. The van der Waals surface area contributed by atoms with Gasteiger partial charge in [0.15, 0.2) is 0 Å². The molecule has 240 valence electrons. The van der Waals surface area contributed by atoms with Gasteiger partial charge < -0.3 is 4.74 Å². The van der Waals surface area contributed by atoms with Crippen molar-refractivity contribution in [2.24, 2.45) is 5.92 Å². The molecule has 5 nitrogen and oxygen atoms in total. The predicted molar refractivity (Wildman–Crippen MR) is 195 cm³/mol. The maximum absolute atomic E-state index is 6.75. The fourth-order valence-corrected chi connectivity index (χ4v) is 7.68. The van der Waals surface area contributed by atoms with Gasteiger partial charge in [0.05, 0.1) is 22.4 Å². The van der Waals surface area contributed by atoms with Crippen LogP contribution in [0.4, 0.5) is 0 Å². The molecule has 0 amide bonds. The lowest BCUT2D eigenvalue weighted by Gasteiger charge is -2.30. The molecule has 0 saturated heterocycles. The number of hydrogen-bond donors (Lipinski definition) is 0. The van der Waals surface area contributed by atoms with E-state index in [1.54, 1.807) is 0 Å². The average Bonchev–Trinajstić information content (AvgIpc) is 3.60. The van der Waals surface area contributed by atoms with E-state index in [2.05, 4.69) is 131 Å². The first-order valence-corrected chi connectivity index (χ1v) is 17.3. The number of fused-ring (bicyclic) bond motifs is 3. The van der Waals surface area contributed by atoms with Gasteiger partial charge in [0.2, 0.25) is 0 Å². The summed E-state index contributed by atoms with van der Waals surface area (Å²) in [5, 5.41) is 7.68. The van der Waals surface area contributed by atoms with Gasteiger partial charge in [-0.2, -0.15) is 5.10 Å². The molecule has 1 aliphatic carbocycles. The summed E-state index contributed by atoms with van der Waals surface area (Å²) in [4.78, 5) is 4.76. The Balaban J connectivity index is 1.35. The Hall–Kier alpha value is -4.64. The fraction of sp³-hybridized carbons (Fsp3) is 0.333. The van der Waals surface area contributed by atoms with Crippen LogP contribution >= 0.6 is 0 Å². The number of pyridine rings is 1. The van der Waals surface area contributed by atoms with E-state index in [-0.39, 0.29) is 0 Å². The van der Waals surface area contributed by atoms with E-state index < -0.39 is 0 Å². The van der Waals surface area contributed by atoms with Crippen molar-refractivity contribution in [3.63, 3.8) is 0 Å². The van der Waals surface area contributed by atoms with Gasteiger partial charge in [-0.3, -0.25) is 4.57 Å². The number of benzene rings is 3. The lowest BCUT2D eigenvalue weighted by atomic mass is 9.74. The summed E-state index contributed by atoms with van der Waals surface area (Å²) in [6.45, 7) is 15.8. The van der Waals surface area contributed by atoms with Gasteiger partial charge in [-0.05, 0) is 105 Å². The van der Waals surface area contributed by atoms with E-state index in [1.165, 1.54) is 57.3 Å². The number of rotatable bonds is 8. The first-order chi connectivity index (χ1) is 22.8. The van der Waals surface area contributed by atoms with Crippen LogP contribution in [0.15, 0.2) is 90.6 Å². The Kier molecular flexibility index (Phi) is 8.25. The van der Waals surface area contributed by atoms with E-state index in [0.29, 0.717) is 17.8 Å². The number of aryl methyl sites for hydroxylation is 2. The van der Waals surface area contributed by atoms with Gasteiger partial charge in [-0.25, -0.2) is 9.67 Å². The smallest absolute Gasteiger partial charge is 0.137 e. The van der Waals surface area contributed by atoms with Crippen molar-refractivity contribution < 1.29 is 4.74 Å². The third-order valence-corrected chi connectivity index (χ3v) is 10.1. The van der Waals surface area contributed by atoms with Crippen LogP contribution in [0.2, 0.25) is 0 Å². The van der Waals surface area contributed by atoms with Crippen LogP contribution in [-0.2, 0) is 12.8 Å². The average molecular weight is 623 g/mol. The summed E-state index contributed by atoms with van der Waals surface area (Å²) in [5.74, 6) is 3.89. The Bertz CT molecular complexity index is 2130. The number of hydrogen-bond acceptors (Lipinski definition) is 3. The summed E-state index contributed by atoms with van der Waals surface area (Å²) < 4.78 is 11.2. The van der Waals surface area contributed by atoms with Crippen molar-refractivity contribution in [2.45, 2.75) is 86.0 Å². The first-order valence-electron chi connectivity index (χ1n) is 17.3. The van der Waals surface area contributed by atoms with Crippen LogP contribution in [0.3, 0.4) is 0 Å². The lowest BCUT2D eigenvalue weighted by molar-refractivity contribution is 0.446. The van der Waals surface area contributed by atoms with Crippen LogP contribution in [0.1, 0.15) is 94.3 Å². The highest BCUT2D eigenvalue weighted by Crippen LogP contribution is 2.43. The van der Waals surface area contributed by atoms with Crippen LogP contribution in [0.25, 0.3) is 33.3 Å². The Morgan fingerprint density at radius 3 is 2.43 bits per heavy atom. The maximum atomic E-state index is 6.75. The Labute approximate surface area is 278 Å². The van der Waals surface area contributed by atoms with Crippen molar-refractivity contribution in [1.29, 1.82) is 0 Å². The lowest BCUT2D eigenvalue weighted by Crippen LogP contribution is -2.17. The fourth-order valence-electron chi connectivity index (χ4n) is 7.68. The zero-order valence-corrected chi connectivity index (χ0v) is 28.8. The molecule has 0 N–H and O–H groups in total. The second-order valence-electron chi connectivity index (χ2n) is 13.6. The summed E-state index contributed by atoms with van der Waals surface area (Å²) in [6.07, 6.45) is 8.57. The molecule has 3 aromatic heterocycles. The summed E-state index contributed by atoms with van der Waals surface area (Å²) in [5.41, 5.74) is 11.1. The first kappa shape index (κ1) is 31.0. The predicted octanol–water partition coefficient (Wildman–Crippen LogP) is 11.2. The van der Waals surface area contributed by atoms with E-state index in [4.69, 9.17) is 14.8 Å². The second kappa shape index (κ2) is 12.5. The monoisotopic (exact) mass is 622 g/mol. The van der Waals surface area contributed by atoms with E-state index in [9.17, 15) is 0 Å². The molecule has 7 rings (SSSR count). The highest BCUT2D eigenvalue weighted by Gasteiger charge is 2.31. The van der Waals surface area contributed by atoms with E-state index in [0.717, 1.165) is 46.9 Å². The molecule has 0 fully saturated rings. The molecule has 0 spiro atoms. The van der Waals surface area contributed by atoms with Crippen LogP contribution < -0.4 is 4.74 Å². The third kappa shape index (κ3) is 5.56. The molecule has 2 atom stereocenters. The largest absolute Gasteiger partial charge is 0.457 e. The van der Waals surface area contributed by atoms with Crippen molar-refractivity contribution in [2.75, 3.05) is 0 Å². The molecular formula is C42H46N4O. The molecule has 0 radical (unpaired) electrons. The zero-order valence-electron chi connectivity index (χ0n) is 28.8. The van der Waals surface area contributed by atoms with Gasteiger partial charge in [-0.15, -0.1) is 0 Å². The quantitative estimate of drug-likeness (QED) is 0.159. The molecule has 6 aromatic rings. The van der Waals surface area contributed by atoms with Crippen molar-refractivity contribution in [3.05, 3.63) is 119 Å². The van der Waals surface area contributed by atoms with Crippen molar-refractivity contribution in [3.8, 4) is 23.0 Å². The number of nitrogens with zero attached hydrogens (tertiary/aromatic N) is 4. The Morgan fingerprint density at radius 2 is 1.68 bits per heavy atom. The molecule has 1 unspecified atom stereocenters. The molecule has 5 heteroatoms. The third-order valence-electron chi connectivity index (χ3n) is 10.1. The second-order valence-corrected chi connectivity index (χ2v) is 13.6. The minimum atomic E-state index is 0.337. The number of para-hydroxylation sites is 1. The van der Waals surface area contributed by atoms with Gasteiger partial charge >= 0.3 is 0 Å². The van der Waals surface area contributed by atoms with Crippen LogP contribution in [0.5, 0.6) is 11.5 Å². The molecule has 1 aliphatic rings. The minimum Gasteiger partial charge on any atom is -0.457 e. The molecule has 0 aliphatic heterocycles. The number of aromatic nitrogens is 4. The number of ether oxygens (including phenoxy) is 1. The van der Waals surface area contributed by atoms with E-state index in [1.807, 2.05) is 12.3 Å². The van der Waals surface area contributed by atoms with Crippen LogP contribution in [0, 0.1) is 12.8 Å². The molecule has 3 aromatic carbocycles. The van der Waals surface area contributed by atoms with E-state index >= 15 is 0 Å². The zero-order chi connectivity index (χ0) is 32.8. The Morgan fingerprint density at radius 1 is 0.872 bits per heavy atom. The normalized spacial score (nSPS) is 16.7. The molecular weight excluding hydrogens is 576 g/mol. The summed E-state index contributed by atoms with van der Waals surface area (Å²) in [7, 11) is 0. The summed E-state index contributed by atoms with van der Waals surface area (Å²) >= 11 is 0.